The van der Waals surface area contributed by atoms with Crippen LogP contribution in [0.3, 0.4) is 0 Å². The number of aromatic carboxylic acids is 1. The molecule has 2 amide bonds. The molecule has 0 bridgehead atoms. The highest BCUT2D eigenvalue weighted by Crippen LogP contribution is 2.28. The van der Waals surface area contributed by atoms with Crippen molar-refractivity contribution in [3.63, 3.8) is 0 Å². The van der Waals surface area contributed by atoms with Gasteiger partial charge in [-0.15, -0.1) is 11.3 Å². The lowest BCUT2D eigenvalue weighted by atomic mass is 10.0. The van der Waals surface area contributed by atoms with Gasteiger partial charge in [0, 0.05) is 52.7 Å². The van der Waals surface area contributed by atoms with Gasteiger partial charge in [0.1, 0.15) is 0 Å². The van der Waals surface area contributed by atoms with E-state index in [1.807, 2.05) is 12.1 Å². The fraction of sp³-hybridized carbons (Fsp3) is 0.308. The Morgan fingerprint density at radius 2 is 1.89 bits per heavy atom. The second-order valence-electron chi connectivity index (χ2n) is 8.89. The molecule has 2 heterocycles. The van der Waals surface area contributed by atoms with Crippen molar-refractivity contribution >= 4 is 56.4 Å². The molecule has 0 spiro atoms. The van der Waals surface area contributed by atoms with Crippen molar-refractivity contribution in [2.75, 3.05) is 17.2 Å². The van der Waals surface area contributed by atoms with E-state index in [1.165, 1.54) is 23.5 Å². The number of amides is 2. The molecular weight excluding hydrogens is 544 g/mol. The molecule has 2 aromatic carbocycles. The average Bonchev–Trinajstić information content (AvgIpc) is 3.28. The first-order chi connectivity index (χ1) is 17.2. The van der Waals surface area contributed by atoms with Gasteiger partial charge in [0.2, 0.25) is 5.91 Å². The van der Waals surface area contributed by atoms with Crippen molar-refractivity contribution in [2.24, 2.45) is 0 Å². The van der Waals surface area contributed by atoms with Gasteiger partial charge in [-0.2, -0.15) is 0 Å². The number of anilines is 2. The Morgan fingerprint density at radius 3 is 2.58 bits per heavy atom. The summed E-state index contributed by atoms with van der Waals surface area (Å²) in [5, 5.41) is 15.5. The van der Waals surface area contributed by atoms with Crippen LogP contribution in [0.15, 0.2) is 46.9 Å². The predicted octanol–water partition coefficient (Wildman–Crippen LogP) is 5.19. The Labute approximate surface area is 221 Å². The Balaban J connectivity index is 1.47. The summed E-state index contributed by atoms with van der Waals surface area (Å²) >= 11 is 4.74. The third-order valence-corrected chi connectivity index (χ3v) is 7.65. The standard InChI is InChI=1S/C26H27BrN4O4S/c1-15(2)31-12-11-20-22(14-31)36-25(30-20)24(33)29-21-13-17(26(34)35)4-3-16(21)5-10-23(32)28-19-8-6-18(27)7-9-19/h3-4,6-9,13,15H,5,10-12,14H2,1-2H3,(H,28,32)(H,29,33)(H,34,35). The number of halogens is 1. The minimum absolute atomic E-state index is 0.0550. The van der Waals surface area contributed by atoms with Crippen LogP contribution in [0.25, 0.3) is 0 Å². The van der Waals surface area contributed by atoms with Crippen molar-refractivity contribution in [3.8, 4) is 0 Å². The number of aryl methyl sites for hydroxylation is 1. The van der Waals surface area contributed by atoms with Gasteiger partial charge in [-0.05, 0) is 62.2 Å². The third-order valence-electron chi connectivity index (χ3n) is 6.04. The summed E-state index contributed by atoms with van der Waals surface area (Å²) in [6, 6.07) is 12.2. The zero-order valence-corrected chi connectivity index (χ0v) is 22.4. The maximum Gasteiger partial charge on any atom is 0.335 e. The fourth-order valence-electron chi connectivity index (χ4n) is 3.98. The Morgan fingerprint density at radius 1 is 1.14 bits per heavy atom. The first kappa shape index (κ1) is 26.0. The first-order valence-electron chi connectivity index (χ1n) is 11.6. The number of carbonyl (C=O) groups is 3. The van der Waals surface area contributed by atoms with Gasteiger partial charge in [0.15, 0.2) is 5.01 Å². The number of nitrogens with one attached hydrogen (secondary N) is 2. The summed E-state index contributed by atoms with van der Waals surface area (Å²) in [7, 11) is 0. The van der Waals surface area contributed by atoms with Crippen LogP contribution >= 0.6 is 27.3 Å². The lowest BCUT2D eigenvalue weighted by Gasteiger charge is -2.29. The van der Waals surface area contributed by atoms with Crippen LogP contribution < -0.4 is 10.6 Å². The van der Waals surface area contributed by atoms with Crippen LogP contribution in [0.5, 0.6) is 0 Å². The van der Waals surface area contributed by atoms with Crippen LogP contribution in [0.1, 0.15) is 56.6 Å². The number of thiazole rings is 1. The molecule has 0 aliphatic carbocycles. The van der Waals surface area contributed by atoms with Crippen LogP contribution in [-0.2, 0) is 24.2 Å². The van der Waals surface area contributed by atoms with E-state index in [0.717, 1.165) is 34.6 Å². The summed E-state index contributed by atoms with van der Waals surface area (Å²) in [6.07, 6.45) is 1.29. The third kappa shape index (κ3) is 6.37. The van der Waals surface area contributed by atoms with Gasteiger partial charge in [0.25, 0.3) is 5.91 Å². The van der Waals surface area contributed by atoms with Crippen molar-refractivity contribution in [1.82, 2.24) is 9.88 Å². The largest absolute Gasteiger partial charge is 0.478 e. The molecule has 0 saturated carbocycles. The van der Waals surface area contributed by atoms with Gasteiger partial charge in [-0.1, -0.05) is 22.0 Å². The smallest absolute Gasteiger partial charge is 0.335 e. The minimum atomic E-state index is -1.09. The number of aromatic nitrogens is 1. The Kier molecular flexibility index (Phi) is 8.17. The highest BCUT2D eigenvalue weighted by molar-refractivity contribution is 9.10. The average molecular weight is 571 g/mol. The highest BCUT2D eigenvalue weighted by Gasteiger charge is 2.25. The molecule has 0 atom stereocenters. The molecule has 1 aliphatic heterocycles. The van der Waals surface area contributed by atoms with Crippen LogP contribution in [-0.4, -0.2) is 45.4 Å². The van der Waals surface area contributed by atoms with Gasteiger partial charge >= 0.3 is 5.97 Å². The molecule has 1 aromatic heterocycles. The second kappa shape index (κ2) is 11.3. The van der Waals surface area contributed by atoms with Crippen molar-refractivity contribution in [2.45, 2.75) is 45.7 Å². The highest BCUT2D eigenvalue weighted by atomic mass is 79.9. The molecule has 3 aromatic rings. The minimum Gasteiger partial charge on any atom is -0.478 e. The molecule has 0 radical (unpaired) electrons. The monoisotopic (exact) mass is 570 g/mol. The van der Waals surface area contributed by atoms with Crippen LogP contribution in [0.4, 0.5) is 11.4 Å². The first-order valence-corrected chi connectivity index (χ1v) is 13.3. The lowest BCUT2D eigenvalue weighted by molar-refractivity contribution is -0.116. The molecular formula is C26H27BrN4O4S. The number of nitrogens with zero attached hydrogens (tertiary/aromatic N) is 2. The van der Waals surface area contributed by atoms with Gasteiger partial charge in [-0.25, -0.2) is 9.78 Å². The Bertz CT molecular complexity index is 1290. The number of hydrogen-bond donors (Lipinski definition) is 3. The quantitative estimate of drug-likeness (QED) is 0.343. The van der Waals surface area contributed by atoms with Crippen molar-refractivity contribution < 1.29 is 19.5 Å². The summed E-state index contributed by atoms with van der Waals surface area (Å²) in [5.41, 5.74) is 2.73. The zero-order valence-electron chi connectivity index (χ0n) is 20.0. The number of carboxylic acids is 1. The molecule has 10 heteroatoms. The van der Waals surface area contributed by atoms with Gasteiger partial charge < -0.3 is 15.7 Å². The number of benzene rings is 2. The number of carboxylic acid groups (broad SMARTS) is 1. The summed E-state index contributed by atoms with van der Waals surface area (Å²) < 4.78 is 0.915. The van der Waals surface area contributed by atoms with Crippen LogP contribution in [0, 0.1) is 0 Å². The lowest BCUT2D eigenvalue weighted by Crippen LogP contribution is -2.35. The maximum absolute atomic E-state index is 13.1. The SMILES string of the molecule is CC(C)N1CCc2nc(C(=O)Nc3cc(C(=O)O)ccc3CCC(=O)Nc3ccc(Br)cc3)sc2C1. The number of rotatable bonds is 8. The van der Waals surface area contributed by atoms with E-state index in [0.29, 0.717) is 34.4 Å². The molecule has 0 fully saturated rings. The normalized spacial score (nSPS) is 13.3. The van der Waals surface area contributed by atoms with E-state index in [-0.39, 0.29) is 23.8 Å². The molecule has 0 saturated heterocycles. The zero-order chi connectivity index (χ0) is 25.8. The van der Waals surface area contributed by atoms with Gasteiger partial charge in [0.05, 0.1) is 11.3 Å². The van der Waals surface area contributed by atoms with E-state index in [9.17, 15) is 19.5 Å². The van der Waals surface area contributed by atoms with E-state index in [4.69, 9.17) is 0 Å². The van der Waals surface area contributed by atoms with Crippen molar-refractivity contribution in [3.05, 3.63) is 73.6 Å². The number of fused-ring (bicyclic) bond motifs is 1. The topological polar surface area (TPSA) is 112 Å². The van der Waals surface area contributed by atoms with Crippen molar-refractivity contribution in [1.29, 1.82) is 0 Å². The number of carbonyl (C=O) groups excluding carboxylic acids is 2. The molecule has 0 unspecified atom stereocenters. The second-order valence-corrected chi connectivity index (χ2v) is 10.9. The summed E-state index contributed by atoms with van der Waals surface area (Å²) in [5.74, 6) is -1.66. The maximum atomic E-state index is 13.1. The van der Waals surface area contributed by atoms with E-state index in [1.54, 1.807) is 18.2 Å². The molecule has 36 heavy (non-hydrogen) atoms. The van der Waals surface area contributed by atoms with E-state index < -0.39 is 5.97 Å². The Hall–Kier alpha value is -3.08. The number of hydrogen-bond acceptors (Lipinski definition) is 6. The van der Waals surface area contributed by atoms with E-state index in [2.05, 4.69) is 50.3 Å². The fourth-order valence-corrected chi connectivity index (χ4v) is 5.27. The van der Waals surface area contributed by atoms with Crippen LogP contribution in [0.2, 0.25) is 0 Å². The molecule has 4 rings (SSSR count). The molecule has 8 nitrogen and oxygen atoms in total. The molecule has 1 aliphatic rings. The molecule has 188 valence electrons. The summed E-state index contributed by atoms with van der Waals surface area (Å²) in [4.78, 5) is 45.1. The van der Waals surface area contributed by atoms with E-state index >= 15 is 0 Å². The predicted molar refractivity (Wildman–Crippen MR) is 144 cm³/mol. The molecule has 3 N–H and O–H groups in total. The summed E-state index contributed by atoms with van der Waals surface area (Å²) in [6.45, 7) is 5.97. The van der Waals surface area contributed by atoms with Gasteiger partial charge in [-0.3, -0.25) is 14.5 Å².